The van der Waals surface area contributed by atoms with Crippen molar-refractivity contribution >= 4 is 0 Å². The van der Waals surface area contributed by atoms with Crippen molar-refractivity contribution in [3.8, 4) is 11.8 Å². The number of quaternary nitrogens is 1. The van der Waals surface area contributed by atoms with Gasteiger partial charge in [-0.2, -0.15) is 0 Å². The summed E-state index contributed by atoms with van der Waals surface area (Å²) in [5.74, 6) is 6.18. The number of unbranched alkanes of at least 4 members (excludes halogenated alkanes) is 3. The molecule has 0 amide bonds. The van der Waals surface area contributed by atoms with Crippen LogP contribution in [0.25, 0.3) is 0 Å². The van der Waals surface area contributed by atoms with Gasteiger partial charge in [0.2, 0.25) is 0 Å². The summed E-state index contributed by atoms with van der Waals surface area (Å²) >= 11 is 0. The second-order valence-electron chi connectivity index (χ2n) is 2.37. The number of hydrogen-bond donors (Lipinski definition) is 1. The Labute approximate surface area is 64.0 Å². The van der Waals surface area contributed by atoms with E-state index in [4.69, 9.17) is 0 Å². The second kappa shape index (κ2) is 8.52. The molecule has 10 heavy (non-hydrogen) atoms. The Morgan fingerprint density at radius 2 is 1.90 bits per heavy atom. The van der Waals surface area contributed by atoms with Crippen molar-refractivity contribution in [3.05, 3.63) is 0 Å². The largest absolute Gasteiger partial charge is 0.358 e. The lowest BCUT2D eigenvalue weighted by Gasteiger charge is -1.89. The normalized spacial score (nSPS) is 8.60. The first-order valence-electron chi connectivity index (χ1n) is 4.16. The summed E-state index contributed by atoms with van der Waals surface area (Å²) in [5.41, 5.74) is 3.78. The van der Waals surface area contributed by atoms with Crippen molar-refractivity contribution in [2.45, 2.75) is 39.0 Å². The molecule has 0 spiro atoms. The molecule has 0 bridgehead atoms. The molecule has 3 N–H and O–H groups in total. The zero-order valence-corrected chi connectivity index (χ0v) is 6.95. The molecule has 0 fully saturated rings. The molecule has 0 atom stereocenters. The van der Waals surface area contributed by atoms with Crippen molar-refractivity contribution in [2.75, 3.05) is 6.54 Å². The van der Waals surface area contributed by atoms with Crippen LogP contribution in [-0.2, 0) is 0 Å². The van der Waals surface area contributed by atoms with Crippen LogP contribution in [0, 0.1) is 11.8 Å². The van der Waals surface area contributed by atoms with Crippen molar-refractivity contribution in [2.24, 2.45) is 0 Å². The second-order valence-corrected chi connectivity index (χ2v) is 2.37. The SMILES string of the molecule is CCC#CCCCCC[NH3+]. The first kappa shape index (κ1) is 9.52. The van der Waals surface area contributed by atoms with Crippen LogP contribution < -0.4 is 5.73 Å². The molecule has 1 nitrogen and oxygen atoms in total. The molecule has 0 aromatic heterocycles. The average Bonchev–Trinajstić information content (AvgIpc) is 1.97. The highest BCUT2D eigenvalue weighted by Crippen LogP contribution is 1.95. The average molecular weight is 140 g/mol. The highest BCUT2D eigenvalue weighted by molar-refractivity contribution is 4.97. The predicted octanol–water partition coefficient (Wildman–Crippen LogP) is 1.20. The molecule has 0 radical (unpaired) electrons. The Morgan fingerprint density at radius 3 is 2.50 bits per heavy atom. The quantitative estimate of drug-likeness (QED) is 0.449. The van der Waals surface area contributed by atoms with Gasteiger partial charge in [-0.15, -0.1) is 11.8 Å². The molecular weight excluding hydrogens is 122 g/mol. The van der Waals surface area contributed by atoms with E-state index in [-0.39, 0.29) is 0 Å². The summed E-state index contributed by atoms with van der Waals surface area (Å²) < 4.78 is 0. The Bertz CT molecular complexity index is 108. The van der Waals surface area contributed by atoms with Gasteiger partial charge in [-0.05, 0) is 19.3 Å². The summed E-state index contributed by atoms with van der Waals surface area (Å²) in [7, 11) is 0. The fourth-order valence-electron chi connectivity index (χ4n) is 0.780. The van der Waals surface area contributed by atoms with Gasteiger partial charge in [-0.25, -0.2) is 0 Å². The predicted molar refractivity (Wildman–Crippen MR) is 44.3 cm³/mol. The maximum Gasteiger partial charge on any atom is 0.0739 e. The molecule has 58 valence electrons. The standard InChI is InChI=1S/C9H17N/c1-2-3-4-5-6-7-8-9-10/h2,5-10H2,1H3/p+1. The fraction of sp³-hybridized carbons (Fsp3) is 0.778. The molecule has 1 heteroatoms. The van der Waals surface area contributed by atoms with Gasteiger partial charge in [0, 0.05) is 12.8 Å². The van der Waals surface area contributed by atoms with Gasteiger partial charge in [-0.3, -0.25) is 0 Å². The molecule has 0 rings (SSSR count). The van der Waals surface area contributed by atoms with Crippen molar-refractivity contribution < 1.29 is 5.73 Å². The Balaban J connectivity index is 2.90. The maximum absolute atomic E-state index is 3.78. The van der Waals surface area contributed by atoms with Gasteiger partial charge < -0.3 is 5.73 Å². The molecule has 0 unspecified atom stereocenters. The van der Waals surface area contributed by atoms with E-state index in [1.54, 1.807) is 0 Å². The van der Waals surface area contributed by atoms with Crippen LogP contribution in [-0.4, -0.2) is 6.54 Å². The van der Waals surface area contributed by atoms with Crippen LogP contribution in [0.4, 0.5) is 0 Å². The van der Waals surface area contributed by atoms with Crippen molar-refractivity contribution in [1.29, 1.82) is 0 Å². The molecule has 0 heterocycles. The van der Waals surface area contributed by atoms with Gasteiger partial charge in [0.25, 0.3) is 0 Å². The monoisotopic (exact) mass is 140 g/mol. The Kier molecular flexibility index (Phi) is 8.11. The number of hydrogen-bond acceptors (Lipinski definition) is 0. The summed E-state index contributed by atoms with van der Waals surface area (Å²) in [5, 5.41) is 0. The van der Waals surface area contributed by atoms with Gasteiger partial charge in [0.1, 0.15) is 0 Å². The van der Waals surface area contributed by atoms with Crippen LogP contribution in [0.1, 0.15) is 39.0 Å². The number of rotatable bonds is 4. The summed E-state index contributed by atoms with van der Waals surface area (Å²) in [6.07, 6.45) is 5.88. The minimum Gasteiger partial charge on any atom is -0.358 e. The molecule has 0 aliphatic rings. The minimum absolute atomic E-state index is 0.995. The highest BCUT2D eigenvalue weighted by Gasteiger charge is 1.84. The Morgan fingerprint density at radius 1 is 1.10 bits per heavy atom. The van der Waals surface area contributed by atoms with E-state index in [1.807, 2.05) is 0 Å². The zero-order valence-electron chi connectivity index (χ0n) is 6.95. The van der Waals surface area contributed by atoms with E-state index in [9.17, 15) is 0 Å². The van der Waals surface area contributed by atoms with E-state index in [0.717, 1.165) is 19.4 Å². The zero-order chi connectivity index (χ0) is 7.66. The Hall–Kier alpha value is -0.480. The third-order valence-electron chi connectivity index (χ3n) is 1.35. The van der Waals surface area contributed by atoms with Crippen molar-refractivity contribution in [1.82, 2.24) is 0 Å². The van der Waals surface area contributed by atoms with Gasteiger partial charge >= 0.3 is 0 Å². The molecule has 0 aromatic rings. The van der Waals surface area contributed by atoms with E-state index in [1.165, 1.54) is 19.3 Å². The molecule has 0 aliphatic carbocycles. The highest BCUT2D eigenvalue weighted by atomic mass is 14.5. The van der Waals surface area contributed by atoms with E-state index in [0.29, 0.717) is 0 Å². The van der Waals surface area contributed by atoms with Gasteiger partial charge in [0.05, 0.1) is 6.54 Å². The smallest absolute Gasteiger partial charge is 0.0739 e. The van der Waals surface area contributed by atoms with Crippen LogP contribution >= 0.6 is 0 Å². The van der Waals surface area contributed by atoms with Crippen LogP contribution in [0.3, 0.4) is 0 Å². The molecular formula is C9H18N+. The summed E-state index contributed by atoms with van der Waals surface area (Å²) in [4.78, 5) is 0. The van der Waals surface area contributed by atoms with Crippen LogP contribution in [0.15, 0.2) is 0 Å². The molecule has 0 aromatic carbocycles. The van der Waals surface area contributed by atoms with E-state index in [2.05, 4.69) is 24.5 Å². The molecule has 0 saturated heterocycles. The lowest BCUT2D eigenvalue weighted by Crippen LogP contribution is -2.50. The van der Waals surface area contributed by atoms with Crippen molar-refractivity contribution in [3.63, 3.8) is 0 Å². The lowest BCUT2D eigenvalue weighted by atomic mass is 10.2. The minimum atomic E-state index is 0.995. The first-order valence-corrected chi connectivity index (χ1v) is 4.16. The van der Waals surface area contributed by atoms with Crippen LogP contribution in [0.2, 0.25) is 0 Å². The molecule has 0 aliphatic heterocycles. The van der Waals surface area contributed by atoms with Crippen LogP contribution in [0.5, 0.6) is 0 Å². The van der Waals surface area contributed by atoms with Gasteiger partial charge in [0.15, 0.2) is 0 Å². The summed E-state index contributed by atoms with van der Waals surface area (Å²) in [6, 6.07) is 0. The van der Waals surface area contributed by atoms with Gasteiger partial charge in [-0.1, -0.05) is 6.92 Å². The summed E-state index contributed by atoms with van der Waals surface area (Å²) in [6.45, 7) is 3.16. The first-order chi connectivity index (χ1) is 4.91. The third kappa shape index (κ3) is 7.52. The topological polar surface area (TPSA) is 27.6 Å². The molecule has 0 saturated carbocycles. The lowest BCUT2D eigenvalue weighted by molar-refractivity contribution is -0.368. The maximum atomic E-state index is 3.78. The fourth-order valence-corrected chi connectivity index (χ4v) is 0.780. The third-order valence-corrected chi connectivity index (χ3v) is 1.35. The van der Waals surface area contributed by atoms with E-state index >= 15 is 0 Å². The van der Waals surface area contributed by atoms with E-state index < -0.39 is 0 Å².